The van der Waals surface area contributed by atoms with Crippen molar-refractivity contribution in [2.75, 3.05) is 5.32 Å². The molecule has 5 nitrogen and oxygen atoms in total. The Labute approximate surface area is 119 Å². The van der Waals surface area contributed by atoms with Crippen molar-refractivity contribution in [3.8, 4) is 0 Å². The summed E-state index contributed by atoms with van der Waals surface area (Å²) in [6.45, 7) is 3.62. The van der Waals surface area contributed by atoms with Crippen LogP contribution in [-0.4, -0.2) is 14.3 Å². The van der Waals surface area contributed by atoms with Gasteiger partial charge >= 0.3 is 0 Å². The summed E-state index contributed by atoms with van der Waals surface area (Å²) in [5.74, 6) is -0.0563. The number of carbonyl (C=O) groups is 1. The van der Waals surface area contributed by atoms with Crippen LogP contribution in [0.1, 0.15) is 38.2 Å². The molecule has 1 amide bonds. The zero-order chi connectivity index (χ0) is 15.0. The third kappa shape index (κ3) is 3.02. The van der Waals surface area contributed by atoms with E-state index in [1.54, 1.807) is 19.1 Å². The number of primary sulfonamides is 1. The molecule has 1 fully saturated rings. The zero-order valence-corrected chi connectivity index (χ0v) is 12.6. The van der Waals surface area contributed by atoms with Gasteiger partial charge in [-0.25, -0.2) is 13.6 Å². The minimum absolute atomic E-state index is 0.0480. The highest BCUT2D eigenvalue weighted by atomic mass is 32.2. The van der Waals surface area contributed by atoms with Crippen molar-refractivity contribution in [1.29, 1.82) is 0 Å². The number of benzene rings is 1. The molecule has 2 rings (SSSR count). The van der Waals surface area contributed by atoms with Crippen LogP contribution in [0, 0.1) is 12.3 Å². The molecule has 0 radical (unpaired) electrons. The van der Waals surface area contributed by atoms with Gasteiger partial charge in [-0.3, -0.25) is 4.79 Å². The SMILES string of the molecule is Cc1ccc(NC(=O)C2(C)CCCC2)cc1S(N)(=O)=O. The van der Waals surface area contributed by atoms with Gasteiger partial charge in [0, 0.05) is 11.1 Å². The molecule has 3 N–H and O–H groups in total. The van der Waals surface area contributed by atoms with Crippen molar-refractivity contribution in [3.63, 3.8) is 0 Å². The average Bonchev–Trinajstić information content (AvgIpc) is 2.78. The lowest BCUT2D eigenvalue weighted by molar-refractivity contribution is -0.124. The molecule has 0 atom stereocenters. The topological polar surface area (TPSA) is 89.3 Å². The molecule has 20 heavy (non-hydrogen) atoms. The number of anilines is 1. The van der Waals surface area contributed by atoms with E-state index in [0.29, 0.717) is 11.3 Å². The van der Waals surface area contributed by atoms with Gasteiger partial charge in [0.1, 0.15) is 0 Å². The Morgan fingerprint density at radius 3 is 2.45 bits per heavy atom. The molecule has 0 spiro atoms. The Bertz CT molecular complexity index is 632. The van der Waals surface area contributed by atoms with E-state index < -0.39 is 10.0 Å². The molecule has 0 bridgehead atoms. The number of nitrogens with two attached hydrogens (primary N) is 1. The van der Waals surface area contributed by atoms with Crippen molar-refractivity contribution < 1.29 is 13.2 Å². The summed E-state index contributed by atoms with van der Waals surface area (Å²) in [5, 5.41) is 7.97. The predicted octanol–water partition coefficient (Wildman–Crippen LogP) is 2.16. The largest absolute Gasteiger partial charge is 0.326 e. The number of carbonyl (C=O) groups excluding carboxylic acids is 1. The molecular formula is C14H20N2O3S. The molecule has 1 saturated carbocycles. The van der Waals surface area contributed by atoms with Gasteiger partial charge in [-0.05, 0) is 37.5 Å². The maximum Gasteiger partial charge on any atom is 0.238 e. The van der Waals surface area contributed by atoms with Gasteiger partial charge in [0.25, 0.3) is 0 Å². The highest BCUT2D eigenvalue weighted by molar-refractivity contribution is 7.89. The maximum atomic E-state index is 12.3. The molecule has 0 aromatic heterocycles. The van der Waals surface area contributed by atoms with Crippen molar-refractivity contribution >= 4 is 21.6 Å². The van der Waals surface area contributed by atoms with Crippen molar-refractivity contribution in [3.05, 3.63) is 23.8 Å². The molecule has 0 unspecified atom stereocenters. The predicted molar refractivity (Wildman–Crippen MR) is 77.8 cm³/mol. The molecule has 110 valence electrons. The van der Waals surface area contributed by atoms with Crippen LogP contribution < -0.4 is 10.5 Å². The number of hydrogen-bond donors (Lipinski definition) is 2. The second-order valence-corrected chi connectivity index (χ2v) is 7.28. The summed E-state index contributed by atoms with van der Waals surface area (Å²) >= 11 is 0. The van der Waals surface area contributed by atoms with Crippen molar-refractivity contribution in [1.82, 2.24) is 0 Å². The number of amides is 1. The number of hydrogen-bond acceptors (Lipinski definition) is 3. The first-order valence-electron chi connectivity index (χ1n) is 6.67. The van der Waals surface area contributed by atoms with E-state index >= 15 is 0 Å². The van der Waals surface area contributed by atoms with Crippen LogP contribution in [0.5, 0.6) is 0 Å². The van der Waals surface area contributed by atoms with E-state index in [1.165, 1.54) is 6.07 Å². The lowest BCUT2D eigenvalue weighted by atomic mass is 9.88. The van der Waals surface area contributed by atoms with Crippen LogP contribution in [0.2, 0.25) is 0 Å². The minimum Gasteiger partial charge on any atom is -0.326 e. The second-order valence-electron chi connectivity index (χ2n) is 5.75. The average molecular weight is 296 g/mol. The summed E-state index contributed by atoms with van der Waals surface area (Å²) < 4.78 is 23.0. The van der Waals surface area contributed by atoms with Gasteiger partial charge in [0.05, 0.1) is 4.90 Å². The fourth-order valence-corrected chi connectivity index (χ4v) is 3.46. The van der Waals surface area contributed by atoms with Gasteiger partial charge in [-0.2, -0.15) is 0 Å². The molecule has 1 aromatic carbocycles. The number of rotatable bonds is 3. The van der Waals surface area contributed by atoms with Gasteiger partial charge in [-0.15, -0.1) is 0 Å². The Balaban J connectivity index is 2.25. The van der Waals surface area contributed by atoms with Crippen LogP contribution in [0.3, 0.4) is 0 Å². The van der Waals surface area contributed by atoms with Crippen LogP contribution >= 0.6 is 0 Å². The summed E-state index contributed by atoms with van der Waals surface area (Å²) in [6.07, 6.45) is 3.85. The van der Waals surface area contributed by atoms with Crippen LogP contribution in [-0.2, 0) is 14.8 Å². The molecule has 6 heteroatoms. The summed E-state index contributed by atoms with van der Waals surface area (Å²) in [4.78, 5) is 12.3. The maximum absolute atomic E-state index is 12.3. The number of nitrogens with one attached hydrogen (secondary N) is 1. The van der Waals surface area contributed by atoms with Gasteiger partial charge in [0.2, 0.25) is 15.9 Å². The molecule has 1 aromatic rings. The Hall–Kier alpha value is -1.40. The lowest BCUT2D eigenvalue weighted by Crippen LogP contribution is -2.30. The zero-order valence-electron chi connectivity index (χ0n) is 11.8. The molecular weight excluding hydrogens is 276 g/mol. The third-order valence-electron chi connectivity index (χ3n) is 4.01. The monoisotopic (exact) mass is 296 g/mol. The molecule has 0 aliphatic heterocycles. The Kier molecular flexibility index (Phi) is 3.88. The van der Waals surface area contributed by atoms with E-state index in [1.807, 2.05) is 6.92 Å². The van der Waals surface area contributed by atoms with Gasteiger partial charge in [-0.1, -0.05) is 25.8 Å². The summed E-state index contributed by atoms with van der Waals surface area (Å²) in [6, 6.07) is 4.76. The van der Waals surface area contributed by atoms with Gasteiger partial charge < -0.3 is 5.32 Å². The third-order valence-corrected chi connectivity index (χ3v) is 5.06. The van der Waals surface area contributed by atoms with E-state index in [9.17, 15) is 13.2 Å². The van der Waals surface area contributed by atoms with Crippen LogP contribution in [0.15, 0.2) is 23.1 Å². The first kappa shape index (κ1) is 15.0. The molecule has 1 aliphatic rings. The summed E-state index contributed by atoms with van der Waals surface area (Å²) in [5.41, 5.74) is 0.683. The van der Waals surface area contributed by atoms with E-state index in [2.05, 4.69) is 5.32 Å². The Morgan fingerprint density at radius 2 is 1.90 bits per heavy atom. The van der Waals surface area contributed by atoms with E-state index in [0.717, 1.165) is 25.7 Å². The first-order chi connectivity index (χ1) is 9.22. The first-order valence-corrected chi connectivity index (χ1v) is 8.22. The van der Waals surface area contributed by atoms with Crippen molar-refractivity contribution in [2.24, 2.45) is 10.6 Å². The summed E-state index contributed by atoms with van der Waals surface area (Å²) in [7, 11) is -3.78. The quantitative estimate of drug-likeness (QED) is 0.895. The van der Waals surface area contributed by atoms with Crippen LogP contribution in [0.25, 0.3) is 0 Å². The van der Waals surface area contributed by atoms with Gasteiger partial charge in [0.15, 0.2) is 0 Å². The molecule has 0 saturated heterocycles. The highest BCUT2D eigenvalue weighted by Gasteiger charge is 2.36. The minimum atomic E-state index is -3.78. The highest BCUT2D eigenvalue weighted by Crippen LogP contribution is 2.38. The van der Waals surface area contributed by atoms with E-state index in [4.69, 9.17) is 5.14 Å². The fraction of sp³-hybridized carbons (Fsp3) is 0.500. The second kappa shape index (κ2) is 5.18. The van der Waals surface area contributed by atoms with Crippen LogP contribution in [0.4, 0.5) is 5.69 Å². The Morgan fingerprint density at radius 1 is 1.30 bits per heavy atom. The number of aryl methyl sites for hydroxylation is 1. The standard InChI is InChI=1S/C14H20N2O3S/c1-10-5-6-11(9-12(10)20(15,18)19)16-13(17)14(2)7-3-4-8-14/h5-6,9H,3-4,7-8H2,1-2H3,(H,16,17)(H2,15,18,19). The van der Waals surface area contributed by atoms with E-state index in [-0.39, 0.29) is 16.2 Å². The normalized spacial score (nSPS) is 17.9. The fourth-order valence-electron chi connectivity index (χ4n) is 2.65. The smallest absolute Gasteiger partial charge is 0.238 e. The molecule has 0 heterocycles. The number of sulfonamides is 1. The molecule has 1 aliphatic carbocycles. The lowest BCUT2D eigenvalue weighted by Gasteiger charge is -2.22. The van der Waals surface area contributed by atoms with Crippen molar-refractivity contribution in [2.45, 2.75) is 44.4 Å².